The molecule has 0 aliphatic carbocycles. The summed E-state index contributed by atoms with van der Waals surface area (Å²) in [5.41, 5.74) is 7.24. The van der Waals surface area contributed by atoms with Gasteiger partial charge in [-0.1, -0.05) is 6.07 Å². The Morgan fingerprint density at radius 2 is 1.53 bits per heavy atom. The van der Waals surface area contributed by atoms with Gasteiger partial charge in [-0.2, -0.15) is 0 Å². The van der Waals surface area contributed by atoms with Crippen molar-refractivity contribution < 1.29 is 19.1 Å². The van der Waals surface area contributed by atoms with E-state index in [0.29, 0.717) is 6.42 Å². The number of amides is 2. The molecule has 5 heterocycles. The molecule has 2 aromatic heterocycles. The molecule has 3 aliphatic heterocycles. The highest BCUT2D eigenvalue weighted by atomic mass is 16.5. The fourth-order valence-electron chi connectivity index (χ4n) is 8.60. The second kappa shape index (κ2) is 13.4. The summed E-state index contributed by atoms with van der Waals surface area (Å²) in [4.78, 5) is 55.4. The first kappa shape index (κ1) is 34.6. The van der Waals surface area contributed by atoms with Crippen molar-refractivity contribution in [3.05, 3.63) is 74.1 Å². The molecule has 3 fully saturated rings. The summed E-state index contributed by atoms with van der Waals surface area (Å²) in [7, 11) is 6.94. The Morgan fingerprint density at radius 1 is 0.882 bits per heavy atom. The Labute approximate surface area is 297 Å². The molecule has 3 saturated heterocycles. The standard InChI is InChI=1S/C39H48N6O6/c1-24-25(2)37(48)41(3)22-27(24)26-20-32(50-5)28(33(21-26)51-6)23-43-16-12-39(13-17-43)14-18-44(19-15-39)29-8-7-9-30-35(29)42(4)38(49)45(30)31-10-11-34(46)40-36(31)47/h7-9,20-22,31H,10-19,23H2,1-6H3,(H,40,46,47). The number of nitrogens with one attached hydrogen (secondary N) is 1. The number of para-hydroxylation sites is 1. The summed E-state index contributed by atoms with van der Waals surface area (Å²) < 4.78 is 16.7. The van der Waals surface area contributed by atoms with Crippen molar-refractivity contribution in [2.45, 2.75) is 65.0 Å². The van der Waals surface area contributed by atoms with Crippen LogP contribution >= 0.6 is 0 Å². The van der Waals surface area contributed by atoms with Gasteiger partial charge in [0.15, 0.2) is 0 Å². The molecule has 0 bridgehead atoms. The maximum atomic E-state index is 13.5. The van der Waals surface area contributed by atoms with Gasteiger partial charge in [-0.25, -0.2) is 4.79 Å². The Balaban J connectivity index is 1.05. The van der Waals surface area contributed by atoms with Gasteiger partial charge in [0.05, 0.1) is 36.5 Å². The van der Waals surface area contributed by atoms with Gasteiger partial charge in [0.25, 0.3) is 5.56 Å². The maximum absolute atomic E-state index is 13.5. The summed E-state index contributed by atoms with van der Waals surface area (Å²) in [5, 5.41) is 2.40. The number of pyridine rings is 1. The molecule has 2 amide bonds. The quantitative estimate of drug-likeness (QED) is 0.286. The van der Waals surface area contributed by atoms with Crippen LogP contribution in [-0.4, -0.2) is 70.8 Å². The number of piperidine rings is 3. The van der Waals surface area contributed by atoms with Gasteiger partial charge in [-0.3, -0.25) is 33.7 Å². The van der Waals surface area contributed by atoms with Crippen molar-refractivity contribution in [3.63, 3.8) is 0 Å². The molecular formula is C39H48N6O6. The van der Waals surface area contributed by atoms with Crippen molar-refractivity contribution in [1.29, 1.82) is 0 Å². The smallest absolute Gasteiger partial charge is 0.329 e. The largest absolute Gasteiger partial charge is 0.496 e. The molecule has 1 N–H and O–H groups in total. The molecule has 4 aromatic rings. The maximum Gasteiger partial charge on any atom is 0.329 e. The molecule has 1 atom stereocenters. The molecular weight excluding hydrogens is 648 g/mol. The molecule has 7 rings (SSSR count). The summed E-state index contributed by atoms with van der Waals surface area (Å²) in [6.45, 7) is 8.31. The monoisotopic (exact) mass is 696 g/mol. The van der Waals surface area contributed by atoms with E-state index in [1.807, 2.05) is 32.2 Å². The molecule has 2 aromatic carbocycles. The van der Waals surface area contributed by atoms with E-state index in [-0.39, 0.29) is 29.0 Å². The van der Waals surface area contributed by atoms with Crippen LogP contribution in [-0.2, 0) is 30.2 Å². The van der Waals surface area contributed by atoms with E-state index in [0.717, 1.165) is 114 Å². The summed E-state index contributed by atoms with van der Waals surface area (Å²) in [5.74, 6) is 0.840. The van der Waals surface area contributed by atoms with E-state index in [4.69, 9.17) is 9.47 Å². The van der Waals surface area contributed by atoms with E-state index >= 15 is 0 Å². The lowest BCUT2D eigenvalue weighted by atomic mass is 9.71. The minimum atomic E-state index is -0.698. The minimum absolute atomic E-state index is 0.00591. The number of anilines is 1. The van der Waals surface area contributed by atoms with Crippen LogP contribution in [0.4, 0.5) is 5.69 Å². The van der Waals surface area contributed by atoms with E-state index < -0.39 is 11.9 Å². The SMILES string of the molecule is COc1cc(-c2cn(C)c(=O)c(C)c2C)cc(OC)c1CN1CCC2(CC1)CCN(c1cccc3c1n(C)c(=O)n3C1CCC(=O)NC1=O)CC2. The number of ether oxygens (including phenoxy) is 2. The lowest BCUT2D eigenvalue weighted by Gasteiger charge is -2.47. The second-order valence-corrected chi connectivity index (χ2v) is 14.7. The van der Waals surface area contributed by atoms with E-state index in [2.05, 4.69) is 33.3 Å². The molecule has 0 radical (unpaired) electrons. The highest BCUT2D eigenvalue weighted by Crippen LogP contribution is 2.44. The Kier molecular flexibility index (Phi) is 9.07. The lowest BCUT2D eigenvalue weighted by molar-refractivity contribution is -0.135. The van der Waals surface area contributed by atoms with Gasteiger partial charge in [0, 0.05) is 57.5 Å². The fourth-order valence-corrected chi connectivity index (χ4v) is 8.60. The van der Waals surface area contributed by atoms with Crippen LogP contribution in [0.25, 0.3) is 22.2 Å². The van der Waals surface area contributed by atoms with Gasteiger partial charge >= 0.3 is 5.69 Å². The predicted octanol–water partition coefficient (Wildman–Crippen LogP) is 4.20. The van der Waals surface area contributed by atoms with Crippen molar-refractivity contribution in [2.24, 2.45) is 19.5 Å². The number of hydrogen-bond donors (Lipinski definition) is 1. The lowest BCUT2D eigenvalue weighted by Crippen LogP contribution is -2.46. The van der Waals surface area contributed by atoms with Crippen LogP contribution in [0.5, 0.6) is 11.5 Å². The van der Waals surface area contributed by atoms with Crippen LogP contribution in [0.15, 0.2) is 46.1 Å². The summed E-state index contributed by atoms with van der Waals surface area (Å²) in [6, 6.07) is 9.35. The Bertz CT molecular complexity index is 2120. The Morgan fingerprint density at radius 3 is 2.16 bits per heavy atom. The van der Waals surface area contributed by atoms with Crippen molar-refractivity contribution in [2.75, 3.05) is 45.3 Å². The molecule has 1 spiro atoms. The van der Waals surface area contributed by atoms with Gasteiger partial charge in [0.2, 0.25) is 11.8 Å². The fraction of sp³-hybridized carbons (Fsp3) is 0.487. The molecule has 1 unspecified atom stereocenters. The number of rotatable bonds is 7. The number of aromatic nitrogens is 3. The predicted molar refractivity (Wildman–Crippen MR) is 197 cm³/mol. The summed E-state index contributed by atoms with van der Waals surface area (Å²) in [6.07, 6.45) is 6.77. The Hall–Kier alpha value is -4.84. The number of methoxy groups -OCH3 is 2. The topological polar surface area (TPSA) is 120 Å². The number of fused-ring (bicyclic) bond motifs is 1. The molecule has 12 heteroatoms. The van der Waals surface area contributed by atoms with Gasteiger partial charge in [-0.05, 0) is 99.8 Å². The molecule has 3 aliphatic rings. The van der Waals surface area contributed by atoms with Crippen LogP contribution in [0, 0.1) is 19.3 Å². The third-order valence-corrected chi connectivity index (χ3v) is 11.9. The highest BCUT2D eigenvalue weighted by Gasteiger charge is 2.39. The van der Waals surface area contributed by atoms with Crippen molar-refractivity contribution in [1.82, 2.24) is 23.9 Å². The normalized spacial score (nSPS) is 19.5. The number of carbonyl (C=O) groups excluding carboxylic acids is 2. The van der Waals surface area contributed by atoms with Crippen molar-refractivity contribution >= 4 is 28.5 Å². The van der Waals surface area contributed by atoms with Crippen LogP contribution in [0.2, 0.25) is 0 Å². The number of benzene rings is 2. The van der Waals surface area contributed by atoms with Crippen LogP contribution in [0.1, 0.15) is 61.3 Å². The average molecular weight is 697 g/mol. The minimum Gasteiger partial charge on any atom is -0.496 e. The van der Waals surface area contributed by atoms with Gasteiger partial charge in [0.1, 0.15) is 17.5 Å². The molecule has 51 heavy (non-hydrogen) atoms. The number of carbonyl (C=O) groups is 2. The van der Waals surface area contributed by atoms with Crippen LogP contribution < -0.4 is 30.9 Å². The van der Waals surface area contributed by atoms with Gasteiger partial charge in [-0.15, -0.1) is 0 Å². The van der Waals surface area contributed by atoms with E-state index in [1.165, 1.54) is 0 Å². The van der Waals surface area contributed by atoms with E-state index in [9.17, 15) is 19.2 Å². The molecule has 270 valence electrons. The zero-order valence-corrected chi connectivity index (χ0v) is 30.5. The number of imidazole rings is 1. The first-order chi connectivity index (χ1) is 24.4. The third-order valence-electron chi connectivity index (χ3n) is 11.9. The van der Waals surface area contributed by atoms with Crippen LogP contribution in [0.3, 0.4) is 0 Å². The number of hydrogen-bond acceptors (Lipinski definition) is 8. The highest BCUT2D eigenvalue weighted by molar-refractivity contribution is 6.00. The van der Waals surface area contributed by atoms with Gasteiger partial charge < -0.3 is 18.9 Å². The molecule has 0 saturated carbocycles. The first-order valence-electron chi connectivity index (χ1n) is 17.9. The molecule has 12 nitrogen and oxygen atoms in total. The zero-order valence-electron chi connectivity index (χ0n) is 30.5. The third kappa shape index (κ3) is 6.03. The summed E-state index contributed by atoms with van der Waals surface area (Å²) >= 11 is 0. The van der Waals surface area contributed by atoms with Crippen molar-refractivity contribution in [3.8, 4) is 22.6 Å². The number of likely N-dealkylation sites (tertiary alicyclic amines) is 1. The number of nitrogens with zero attached hydrogens (tertiary/aromatic N) is 5. The number of aryl methyl sites for hydroxylation is 2. The number of imide groups is 1. The first-order valence-corrected chi connectivity index (χ1v) is 17.9. The second-order valence-electron chi connectivity index (χ2n) is 14.7. The van der Waals surface area contributed by atoms with E-state index in [1.54, 1.807) is 42.0 Å². The average Bonchev–Trinajstić information content (AvgIpc) is 3.39. The zero-order chi connectivity index (χ0) is 36.2.